The van der Waals surface area contributed by atoms with Gasteiger partial charge in [0.05, 0.1) is 18.1 Å². The predicted molar refractivity (Wildman–Crippen MR) is 98.1 cm³/mol. The van der Waals surface area contributed by atoms with E-state index in [1.807, 2.05) is 23.1 Å². The van der Waals surface area contributed by atoms with Crippen LogP contribution in [-0.4, -0.2) is 20.8 Å². The number of hydrogen-bond donors (Lipinski definition) is 1. The molecule has 1 fully saturated rings. The van der Waals surface area contributed by atoms with E-state index in [9.17, 15) is 0 Å². The monoisotopic (exact) mass is 320 g/mol. The van der Waals surface area contributed by atoms with Crippen molar-refractivity contribution in [3.8, 4) is 0 Å². The Morgan fingerprint density at radius 3 is 2.67 bits per heavy atom. The first-order valence-electron chi connectivity index (χ1n) is 8.90. The summed E-state index contributed by atoms with van der Waals surface area (Å²) in [5.74, 6) is 0.870. The molecular formula is C20H24N4. The van der Waals surface area contributed by atoms with E-state index in [0.29, 0.717) is 6.04 Å². The summed E-state index contributed by atoms with van der Waals surface area (Å²) in [4.78, 5) is 4.56. The maximum atomic E-state index is 4.57. The number of rotatable bonds is 4. The molecule has 0 saturated heterocycles. The Morgan fingerprint density at radius 2 is 1.88 bits per heavy atom. The van der Waals surface area contributed by atoms with Crippen LogP contribution in [0.3, 0.4) is 0 Å². The average molecular weight is 320 g/mol. The van der Waals surface area contributed by atoms with Gasteiger partial charge in [0.2, 0.25) is 0 Å². The SMILES string of the molecule is CC1CCC(Nc2ccnc3c2cnn3Cc2ccccc2)CC1. The molecule has 0 aliphatic heterocycles. The fourth-order valence-corrected chi connectivity index (χ4v) is 3.60. The van der Waals surface area contributed by atoms with E-state index in [-0.39, 0.29) is 0 Å². The van der Waals surface area contributed by atoms with Crippen molar-refractivity contribution in [1.82, 2.24) is 14.8 Å². The predicted octanol–water partition coefficient (Wildman–Crippen LogP) is 4.47. The van der Waals surface area contributed by atoms with Crippen molar-refractivity contribution in [3.63, 3.8) is 0 Å². The fourth-order valence-electron chi connectivity index (χ4n) is 3.60. The van der Waals surface area contributed by atoms with Crippen LogP contribution in [0.1, 0.15) is 38.2 Å². The number of nitrogens with one attached hydrogen (secondary N) is 1. The Morgan fingerprint density at radius 1 is 1.08 bits per heavy atom. The van der Waals surface area contributed by atoms with E-state index in [2.05, 4.69) is 52.7 Å². The van der Waals surface area contributed by atoms with Crippen LogP contribution in [0.25, 0.3) is 11.0 Å². The molecule has 0 radical (unpaired) electrons. The summed E-state index contributed by atoms with van der Waals surface area (Å²) in [5.41, 5.74) is 3.36. The minimum absolute atomic E-state index is 0.573. The molecule has 0 atom stereocenters. The molecule has 4 rings (SSSR count). The van der Waals surface area contributed by atoms with Crippen molar-refractivity contribution < 1.29 is 0 Å². The number of anilines is 1. The van der Waals surface area contributed by atoms with Crippen LogP contribution >= 0.6 is 0 Å². The standard InChI is InChI=1S/C20H24N4/c1-15-7-9-17(10-8-15)23-19-11-12-21-20-18(19)13-22-24(20)14-16-5-3-2-4-6-16/h2-6,11-13,15,17H,7-10,14H2,1H3,(H,21,23). The molecule has 124 valence electrons. The molecule has 1 aliphatic rings. The molecular weight excluding hydrogens is 296 g/mol. The van der Waals surface area contributed by atoms with Gasteiger partial charge in [-0.2, -0.15) is 5.10 Å². The molecule has 1 aliphatic carbocycles. The number of nitrogens with zero attached hydrogens (tertiary/aromatic N) is 3. The van der Waals surface area contributed by atoms with Gasteiger partial charge in [-0.05, 0) is 43.2 Å². The second-order valence-electron chi connectivity index (χ2n) is 6.98. The normalized spacial score (nSPS) is 21.0. The summed E-state index contributed by atoms with van der Waals surface area (Å²) in [6, 6.07) is 13.1. The molecule has 1 saturated carbocycles. The van der Waals surface area contributed by atoms with Gasteiger partial charge in [0.25, 0.3) is 0 Å². The topological polar surface area (TPSA) is 42.7 Å². The molecule has 0 spiro atoms. The van der Waals surface area contributed by atoms with Gasteiger partial charge in [-0.1, -0.05) is 37.3 Å². The Kier molecular flexibility index (Phi) is 4.20. The van der Waals surface area contributed by atoms with Gasteiger partial charge in [-0.15, -0.1) is 0 Å². The average Bonchev–Trinajstić information content (AvgIpc) is 3.02. The second-order valence-corrected chi connectivity index (χ2v) is 6.98. The Labute approximate surface area is 142 Å². The van der Waals surface area contributed by atoms with E-state index in [1.54, 1.807) is 0 Å². The van der Waals surface area contributed by atoms with Crippen LogP contribution in [0.2, 0.25) is 0 Å². The van der Waals surface area contributed by atoms with E-state index >= 15 is 0 Å². The van der Waals surface area contributed by atoms with Gasteiger partial charge in [-0.3, -0.25) is 0 Å². The highest BCUT2D eigenvalue weighted by atomic mass is 15.3. The van der Waals surface area contributed by atoms with Crippen LogP contribution < -0.4 is 5.32 Å². The van der Waals surface area contributed by atoms with Crippen molar-refractivity contribution >= 4 is 16.7 Å². The van der Waals surface area contributed by atoms with Crippen molar-refractivity contribution in [1.29, 1.82) is 0 Å². The highest BCUT2D eigenvalue weighted by Gasteiger charge is 2.19. The van der Waals surface area contributed by atoms with Crippen LogP contribution in [0, 0.1) is 5.92 Å². The lowest BCUT2D eigenvalue weighted by Crippen LogP contribution is -2.25. The number of hydrogen-bond acceptors (Lipinski definition) is 3. The number of benzene rings is 1. The van der Waals surface area contributed by atoms with Crippen LogP contribution in [0.5, 0.6) is 0 Å². The molecule has 0 amide bonds. The number of fused-ring (bicyclic) bond motifs is 1. The fraction of sp³-hybridized carbons (Fsp3) is 0.400. The van der Waals surface area contributed by atoms with Crippen molar-refractivity contribution in [2.75, 3.05) is 5.32 Å². The van der Waals surface area contributed by atoms with Crippen LogP contribution in [0.15, 0.2) is 48.8 Å². The van der Waals surface area contributed by atoms with Crippen molar-refractivity contribution in [3.05, 3.63) is 54.4 Å². The Bertz CT molecular complexity index is 801. The van der Waals surface area contributed by atoms with Gasteiger partial charge < -0.3 is 5.32 Å². The summed E-state index contributed by atoms with van der Waals surface area (Å²) in [5, 5.41) is 9.42. The molecule has 4 heteroatoms. The number of aromatic nitrogens is 3. The lowest BCUT2D eigenvalue weighted by molar-refractivity contribution is 0.361. The molecule has 0 bridgehead atoms. The largest absolute Gasteiger partial charge is 0.382 e. The highest BCUT2D eigenvalue weighted by Crippen LogP contribution is 2.28. The third kappa shape index (κ3) is 3.14. The minimum atomic E-state index is 0.573. The van der Waals surface area contributed by atoms with Crippen molar-refractivity contribution in [2.24, 2.45) is 5.92 Å². The van der Waals surface area contributed by atoms with Gasteiger partial charge in [0.1, 0.15) is 0 Å². The Balaban J connectivity index is 1.57. The van der Waals surface area contributed by atoms with Crippen molar-refractivity contribution in [2.45, 2.75) is 45.2 Å². The molecule has 4 nitrogen and oxygen atoms in total. The lowest BCUT2D eigenvalue weighted by Gasteiger charge is -2.27. The first-order chi connectivity index (χ1) is 11.8. The molecule has 1 N–H and O–H groups in total. The summed E-state index contributed by atoms with van der Waals surface area (Å²) >= 11 is 0. The first-order valence-corrected chi connectivity index (χ1v) is 8.90. The minimum Gasteiger partial charge on any atom is -0.382 e. The highest BCUT2D eigenvalue weighted by molar-refractivity contribution is 5.88. The van der Waals surface area contributed by atoms with E-state index in [4.69, 9.17) is 0 Å². The molecule has 24 heavy (non-hydrogen) atoms. The van der Waals surface area contributed by atoms with Crippen LogP contribution in [-0.2, 0) is 6.54 Å². The third-order valence-electron chi connectivity index (χ3n) is 5.09. The molecule has 3 aromatic rings. The van der Waals surface area contributed by atoms with E-state index < -0.39 is 0 Å². The maximum absolute atomic E-state index is 4.57. The Hall–Kier alpha value is -2.36. The summed E-state index contributed by atoms with van der Waals surface area (Å²) in [7, 11) is 0. The lowest BCUT2D eigenvalue weighted by atomic mass is 9.87. The van der Waals surface area contributed by atoms with Gasteiger partial charge in [0, 0.05) is 17.9 Å². The zero-order valence-corrected chi connectivity index (χ0v) is 14.2. The molecule has 0 unspecified atom stereocenters. The third-order valence-corrected chi connectivity index (χ3v) is 5.09. The van der Waals surface area contributed by atoms with E-state index in [0.717, 1.165) is 23.5 Å². The second kappa shape index (κ2) is 6.63. The quantitative estimate of drug-likeness (QED) is 0.771. The maximum Gasteiger partial charge on any atom is 0.160 e. The zero-order valence-electron chi connectivity index (χ0n) is 14.2. The van der Waals surface area contributed by atoms with E-state index in [1.165, 1.54) is 36.9 Å². The van der Waals surface area contributed by atoms with Gasteiger partial charge >= 0.3 is 0 Å². The van der Waals surface area contributed by atoms with Gasteiger partial charge in [-0.25, -0.2) is 9.67 Å². The number of pyridine rings is 1. The summed E-state index contributed by atoms with van der Waals surface area (Å²) in [6.45, 7) is 3.11. The smallest absolute Gasteiger partial charge is 0.160 e. The summed E-state index contributed by atoms with van der Waals surface area (Å²) < 4.78 is 1.98. The molecule has 2 heterocycles. The zero-order chi connectivity index (χ0) is 16.4. The first kappa shape index (κ1) is 15.2. The molecule has 1 aromatic carbocycles. The van der Waals surface area contributed by atoms with Gasteiger partial charge in [0.15, 0.2) is 5.65 Å². The molecule has 2 aromatic heterocycles. The van der Waals surface area contributed by atoms with Crippen LogP contribution in [0.4, 0.5) is 5.69 Å². The summed E-state index contributed by atoms with van der Waals surface area (Å²) in [6.07, 6.45) is 8.98.